The lowest BCUT2D eigenvalue weighted by Gasteiger charge is -2.19. The Kier molecular flexibility index (Phi) is 6.01. The van der Waals surface area contributed by atoms with Crippen molar-refractivity contribution in [3.8, 4) is 5.75 Å². The van der Waals surface area contributed by atoms with Crippen molar-refractivity contribution in [3.05, 3.63) is 59.9 Å². The van der Waals surface area contributed by atoms with E-state index in [-0.39, 0.29) is 11.9 Å². The highest BCUT2D eigenvalue weighted by Gasteiger charge is 2.29. The summed E-state index contributed by atoms with van der Waals surface area (Å²) in [4.78, 5) is 16.4. The Morgan fingerprint density at radius 3 is 2.84 bits per heavy atom. The molecule has 1 aliphatic rings. The van der Waals surface area contributed by atoms with E-state index < -0.39 is 0 Å². The van der Waals surface area contributed by atoms with E-state index in [1.54, 1.807) is 19.5 Å². The first-order valence-corrected chi connectivity index (χ1v) is 8.64. The lowest BCUT2D eigenvalue weighted by molar-refractivity contribution is -0.122. The maximum absolute atomic E-state index is 12.4. The van der Waals surface area contributed by atoms with Crippen molar-refractivity contribution in [1.82, 2.24) is 10.3 Å². The number of rotatable bonds is 7. The fraction of sp³-hybridized carbons (Fsp3) is 0.400. The van der Waals surface area contributed by atoms with E-state index in [2.05, 4.69) is 10.3 Å². The molecule has 0 bridgehead atoms. The van der Waals surface area contributed by atoms with Crippen LogP contribution in [0, 0.1) is 5.92 Å². The molecule has 1 amide bonds. The zero-order chi connectivity index (χ0) is 17.5. The molecule has 1 N–H and O–H groups in total. The summed E-state index contributed by atoms with van der Waals surface area (Å²) in [5.74, 6) is 1.19. The van der Waals surface area contributed by atoms with Crippen LogP contribution in [0.25, 0.3) is 0 Å². The van der Waals surface area contributed by atoms with Gasteiger partial charge in [-0.1, -0.05) is 18.2 Å². The third-order valence-electron chi connectivity index (χ3n) is 4.61. The van der Waals surface area contributed by atoms with Crippen LogP contribution in [0.1, 0.15) is 17.5 Å². The molecule has 2 heterocycles. The zero-order valence-corrected chi connectivity index (χ0v) is 14.5. The van der Waals surface area contributed by atoms with Gasteiger partial charge < -0.3 is 14.8 Å². The van der Waals surface area contributed by atoms with E-state index in [0.717, 1.165) is 17.7 Å². The van der Waals surface area contributed by atoms with Gasteiger partial charge in [0.1, 0.15) is 5.75 Å². The van der Waals surface area contributed by atoms with Crippen molar-refractivity contribution in [2.24, 2.45) is 5.92 Å². The Hall–Kier alpha value is -2.40. The van der Waals surface area contributed by atoms with Crippen LogP contribution in [0.5, 0.6) is 5.75 Å². The van der Waals surface area contributed by atoms with Crippen LogP contribution in [0.2, 0.25) is 0 Å². The number of hydrogen-bond acceptors (Lipinski definition) is 4. The smallest absolute Gasteiger partial charge is 0.220 e. The van der Waals surface area contributed by atoms with E-state index >= 15 is 0 Å². The molecule has 0 saturated carbocycles. The number of carbonyl (C=O) groups excluding carboxylic acids is 1. The fourth-order valence-corrected chi connectivity index (χ4v) is 3.22. The number of amides is 1. The summed E-state index contributed by atoms with van der Waals surface area (Å²) in [6, 6.07) is 11.9. The van der Waals surface area contributed by atoms with Crippen molar-refractivity contribution in [2.75, 3.05) is 20.3 Å². The highest BCUT2D eigenvalue weighted by molar-refractivity contribution is 5.76. The minimum absolute atomic E-state index is 0.0566. The molecule has 0 radical (unpaired) electrons. The van der Waals surface area contributed by atoms with E-state index in [9.17, 15) is 4.79 Å². The van der Waals surface area contributed by atoms with E-state index in [4.69, 9.17) is 9.47 Å². The van der Waals surface area contributed by atoms with Gasteiger partial charge in [-0.25, -0.2) is 0 Å². The molecule has 5 nitrogen and oxygen atoms in total. The van der Waals surface area contributed by atoms with Gasteiger partial charge in [-0.2, -0.15) is 0 Å². The first-order valence-electron chi connectivity index (χ1n) is 8.64. The van der Waals surface area contributed by atoms with Crippen LogP contribution in [-0.4, -0.2) is 37.3 Å². The number of nitrogens with zero attached hydrogens (tertiary/aromatic N) is 1. The second-order valence-electron chi connectivity index (χ2n) is 6.34. The summed E-state index contributed by atoms with van der Waals surface area (Å²) in [5, 5.41) is 3.14. The Morgan fingerprint density at radius 1 is 1.24 bits per heavy atom. The van der Waals surface area contributed by atoms with E-state index in [1.807, 2.05) is 36.4 Å². The largest absolute Gasteiger partial charge is 0.496 e. The summed E-state index contributed by atoms with van der Waals surface area (Å²) in [6.07, 6.45) is 5.59. The highest BCUT2D eigenvalue weighted by atomic mass is 16.5. The molecular formula is C20H24N2O3. The predicted octanol–water partition coefficient (Wildman–Crippen LogP) is 2.40. The molecule has 5 heteroatoms. The maximum Gasteiger partial charge on any atom is 0.220 e. The number of aromatic nitrogens is 1. The molecule has 1 aliphatic heterocycles. The second kappa shape index (κ2) is 8.62. The maximum atomic E-state index is 12.4. The van der Waals surface area contributed by atoms with Crippen molar-refractivity contribution < 1.29 is 14.3 Å². The Morgan fingerprint density at radius 2 is 2.04 bits per heavy atom. The zero-order valence-electron chi connectivity index (χ0n) is 14.5. The third kappa shape index (κ3) is 4.79. The molecule has 2 atom stereocenters. The molecular weight excluding hydrogens is 316 g/mol. The van der Waals surface area contributed by atoms with E-state index in [0.29, 0.717) is 32.0 Å². The molecule has 0 aliphatic carbocycles. The van der Waals surface area contributed by atoms with Crippen molar-refractivity contribution >= 4 is 5.91 Å². The van der Waals surface area contributed by atoms with Gasteiger partial charge in [-0.05, 0) is 42.2 Å². The average Bonchev–Trinajstić information content (AvgIpc) is 3.07. The highest BCUT2D eigenvalue weighted by Crippen LogP contribution is 2.21. The van der Waals surface area contributed by atoms with Crippen molar-refractivity contribution in [1.29, 1.82) is 0 Å². The van der Waals surface area contributed by atoms with Gasteiger partial charge in [0.2, 0.25) is 5.91 Å². The Bertz CT molecular complexity index is 690. The number of nitrogens with one attached hydrogen (secondary N) is 1. The van der Waals surface area contributed by atoms with Crippen LogP contribution in [0.4, 0.5) is 0 Å². The van der Waals surface area contributed by atoms with E-state index in [1.165, 1.54) is 5.56 Å². The Balaban J connectivity index is 1.51. The summed E-state index contributed by atoms with van der Waals surface area (Å²) in [6.45, 7) is 1.26. The molecule has 132 valence electrons. The Labute approximate surface area is 148 Å². The fourth-order valence-electron chi connectivity index (χ4n) is 3.22. The van der Waals surface area contributed by atoms with Gasteiger partial charge in [0.15, 0.2) is 0 Å². The van der Waals surface area contributed by atoms with Crippen LogP contribution in [-0.2, 0) is 22.4 Å². The molecule has 0 spiro atoms. The summed E-state index contributed by atoms with van der Waals surface area (Å²) in [5.41, 5.74) is 2.27. The first kappa shape index (κ1) is 17.4. The minimum atomic E-state index is 0.0566. The number of aryl methyl sites for hydroxylation is 1. The minimum Gasteiger partial charge on any atom is -0.496 e. The SMILES string of the molecule is COc1ccccc1CCC(=O)N[C@@H]1COC[C@H]1Cc1ccncc1. The molecule has 3 rings (SSSR count). The molecule has 2 aromatic rings. The van der Waals surface area contributed by atoms with Gasteiger partial charge in [0.05, 0.1) is 26.4 Å². The van der Waals surface area contributed by atoms with Gasteiger partial charge in [-0.3, -0.25) is 9.78 Å². The molecule has 1 fully saturated rings. The molecule has 25 heavy (non-hydrogen) atoms. The molecule has 1 aromatic heterocycles. The van der Waals surface area contributed by atoms with Gasteiger partial charge in [0, 0.05) is 24.7 Å². The summed E-state index contributed by atoms with van der Waals surface area (Å²) in [7, 11) is 1.65. The van der Waals surface area contributed by atoms with Crippen LogP contribution >= 0.6 is 0 Å². The normalized spacial score (nSPS) is 19.6. The second-order valence-corrected chi connectivity index (χ2v) is 6.34. The van der Waals surface area contributed by atoms with Crippen LogP contribution < -0.4 is 10.1 Å². The lowest BCUT2D eigenvalue weighted by Crippen LogP contribution is -2.40. The summed E-state index contributed by atoms with van der Waals surface area (Å²) < 4.78 is 10.9. The summed E-state index contributed by atoms with van der Waals surface area (Å²) >= 11 is 0. The number of ether oxygens (including phenoxy) is 2. The quantitative estimate of drug-likeness (QED) is 0.841. The standard InChI is InChI=1S/C20H24N2O3/c1-24-19-5-3-2-4-16(19)6-7-20(23)22-18-14-25-13-17(18)12-15-8-10-21-11-9-15/h2-5,8-11,17-18H,6-7,12-14H2,1H3,(H,22,23)/t17-,18-/m1/s1. The number of para-hydroxylation sites is 1. The third-order valence-corrected chi connectivity index (χ3v) is 4.61. The monoisotopic (exact) mass is 340 g/mol. The van der Waals surface area contributed by atoms with Crippen molar-refractivity contribution in [2.45, 2.75) is 25.3 Å². The topological polar surface area (TPSA) is 60.5 Å². The van der Waals surface area contributed by atoms with Gasteiger partial charge in [-0.15, -0.1) is 0 Å². The number of hydrogen-bond donors (Lipinski definition) is 1. The first-order chi connectivity index (χ1) is 12.3. The number of benzene rings is 1. The number of pyridine rings is 1. The van der Waals surface area contributed by atoms with Crippen LogP contribution in [0.15, 0.2) is 48.8 Å². The molecule has 1 aromatic carbocycles. The van der Waals surface area contributed by atoms with Crippen LogP contribution in [0.3, 0.4) is 0 Å². The molecule has 0 unspecified atom stereocenters. The van der Waals surface area contributed by atoms with Gasteiger partial charge >= 0.3 is 0 Å². The number of carbonyl (C=O) groups is 1. The molecule has 1 saturated heterocycles. The average molecular weight is 340 g/mol. The van der Waals surface area contributed by atoms with Gasteiger partial charge in [0.25, 0.3) is 0 Å². The predicted molar refractivity (Wildman–Crippen MR) is 95.5 cm³/mol. The number of methoxy groups -OCH3 is 1. The van der Waals surface area contributed by atoms with Crippen molar-refractivity contribution in [3.63, 3.8) is 0 Å². The lowest BCUT2D eigenvalue weighted by atomic mass is 9.95.